The van der Waals surface area contributed by atoms with E-state index in [4.69, 9.17) is 0 Å². The number of fused-ring (bicyclic) bond motifs is 1. The Kier molecular flexibility index (Phi) is 3.16. The summed E-state index contributed by atoms with van der Waals surface area (Å²) in [6, 6.07) is 7.20. The average molecular weight is 245 g/mol. The van der Waals surface area contributed by atoms with Gasteiger partial charge in [-0.15, -0.1) is 0 Å². The molecule has 1 atom stereocenters. The second-order valence-corrected chi connectivity index (χ2v) is 6.12. The van der Waals surface area contributed by atoms with E-state index in [0.29, 0.717) is 12.6 Å². The molecule has 2 aliphatic rings. The van der Waals surface area contributed by atoms with Crippen LogP contribution in [0, 0.1) is 0 Å². The molecule has 1 aromatic rings. The second kappa shape index (κ2) is 4.67. The summed E-state index contributed by atoms with van der Waals surface area (Å²) in [5.41, 5.74) is 3.26. The third-order valence-electron chi connectivity index (χ3n) is 4.28. The fourth-order valence-electron chi connectivity index (χ4n) is 2.80. The number of nitrogens with one attached hydrogen (secondary N) is 1. The van der Waals surface area contributed by atoms with Crippen LogP contribution in [0.4, 0.5) is 0 Å². The zero-order chi connectivity index (χ0) is 12.6. The highest BCUT2D eigenvalue weighted by Gasteiger charge is 2.28. The van der Waals surface area contributed by atoms with Crippen molar-refractivity contribution in [3.05, 3.63) is 34.9 Å². The van der Waals surface area contributed by atoms with Crippen molar-refractivity contribution >= 4 is 0 Å². The van der Waals surface area contributed by atoms with Crippen LogP contribution in [0.1, 0.15) is 49.3 Å². The Hall–Kier alpha value is -0.860. The summed E-state index contributed by atoms with van der Waals surface area (Å²) in [6.07, 6.45) is 7.51. The van der Waals surface area contributed by atoms with Crippen LogP contribution in [0.3, 0.4) is 0 Å². The van der Waals surface area contributed by atoms with Crippen LogP contribution in [0.5, 0.6) is 0 Å². The Morgan fingerprint density at radius 2 is 1.94 bits per heavy atom. The minimum absolute atomic E-state index is 0.647. The van der Waals surface area contributed by atoms with Crippen LogP contribution in [0.15, 0.2) is 18.2 Å². The van der Waals surface area contributed by atoms with Gasteiger partial charge in [0, 0.05) is 12.6 Å². The van der Waals surface area contributed by atoms with Crippen LogP contribution < -0.4 is 5.32 Å². The van der Waals surface area contributed by atoms with E-state index in [9.17, 15) is 5.11 Å². The van der Waals surface area contributed by atoms with Crippen molar-refractivity contribution < 1.29 is 5.11 Å². The van der Waals surface area contributed by atoms with E-state index >= 15 is 0 Å². The fraction of sp³-hybridized carbons (Fsp3) is 0.625. The summed E-state index contributed by atoms with van der Waals surface area (Å²) in [5, 5.41) is 14.0. The number of hydrogen-bond acceptors (Lipinski definition) is 2. The van der Waals surface area contributed by atoms with E-state index in [2.05, 4.69) is 23.5 Å². The van der Waals surface area contributed by atoms with Crippen molar-refractivity contribution in [2.24, 2.45) is 0 Å². The van der Waals surface area contributed by atoms with Crippen molar-refractivity contribution in [2.75, 3.05) is 6.54 Å². The van der Waals surface area contributed by atoms with E-state index in [0.717, 1.165) is 5.56 Å². The first-order chi connectivity index (χ1) is 8.65. The van der Waals surface area contributed by atoms with Gasteiger partial charge < -0.3 is 10.4 Å². The molecular formula is C16H23NO. The van der Waals surface area contributed by atoms with Crippen LogP contribution in [0.2, 0.25) is 0 Å². The molecule has 1 saturated carbocycles. The fourth-order valence-corrected chi connectivity index (χ4v) is 2.80. The van der Waals surface area contributed by atoms with Crippen molar-refractivity contribution in [2.45, 2.75) is 57.1 Å². The van der Waals surface area contributed by atoms with Gasteiger partial charge in [0.25, 0.3) is 0 Å². The second-order valence-electron chi connectivity index (χ2n) is 6.12. The van der Waals surface area contributed by atoms with E-state index in [-0.39, 0.29) is 0 Å². The van der Waals surface area contributed by atoms with E-state index in [1.165, 1.54) is 49.7 Å². The monoisotopic (exact) mass is 245 g/mol. The van der Waals surface area contributed by atoms with Crippen molar-refractivity contribution in [3.8, 4) is 0 Å². The lowest BCUT2D eigenvalue weighted by Gasteiger charge is -2.26. The third-order valence-corrected chi connectivity index (χ3v) is 4.28. The maximum absolute atomic E-state index is 10.6. The molecule has 0 radical (unpaired) electrons. The molecule has 0 bridgehead atoms. The average Bonchev–Trinajstić information content (AvgIpc) is 3.20. The normalized spacial score (nSPS) is 22.3. The Labute approximate surface area is 109 Å². The molecule has 0 amide bonds. The summed E-state index contributed by atoms with van der Waals surface area (Å²) in [6.45, 7) is 2.59. The van der Waals surface area contributed by atoms with Crippen molar-refractivity contribution in [1.29, 1.82) is 0 Å². The van der Waals surface area contributed by atoms with E-state index in [1.807, 2.05) is 6.92 Å². The van der Waals surface area contributed by atoms with Gasteiger partial charge >= 0.3 is 0 Å². The molecule has 2 N–H and O–H groups in total. The van der Waals surface area contributed by atoms with Crippen molar-refractivity contribution in [1.82, 2.24) is 5.32 Å². The number of benzene rings is 1. The number of hydrogen-bond donors (Lipinski definition) is 2. The van der Waals surface area contributed by atoms with Gasteiger partial charge in [0.05, 0.1) is 5.60 Å². The quantitative estimate of drug-likeness (QED) is 0.854. The molecule has 1 fully saturated rings. The number of rotatable bonds is 4. The standard InChI is InChI=1S/C16H23NO/c1-16(18,11-17-15-8-9-15)14-7-6-12-4-2-3-5-13(12)10-14/h6-7,10,15,17-18H,2-5,8-9,11H2,1H3. The van der Waals surface area contributed by atoms with Gasteiger partial charge in [-0.2, -0.15) is 0 Å². The van der Waals surface area contributed by atoms with Gasteiger partial charge in [0.2, 0.25) is 0 Å². The van der Waals surface area contributed by atoms with Gasteiger partial charge in [-0.3, -0.25) is 0 Å². The zero-order valence-electron chi connectivity index (χ0n) is 11.2. The summed E-state index contributed by atoms with van der Waals surface area (Å²) in [4.78, 5) is 0. The largest absolute Gasteiger partial charge is 0.384 e. The lowest BCUT2D eigenvalue weighted by Crippen LogP contribution is -2.36. The first-order valence-electron chi connectivity index (χ1n) is 7.23. The molecule has 0 heterocycles. The van der Waals surface area contributed by atoms with Gasteiger partial charge in [-0.25, -0.2) is 0 Å². The molecule has 18 heavy (non-hydrogen) atoms. The molecule has 0 aliphatic heterocycles. The Bertz CT molecular complexity index is 435. The Balaban J connectivity index is 1.76. The van der Waals surface area contributed by atoms with Crippen LogP contribution >= 0.6 is 0 Å². The molecule has 0 spiro atoms. The highest BCUT2D eigenvalue weighted by Crippen LogP contribution is 2.28. The smallest absolute Gasteiger partial charge is 0.0992 e. The molecule has 2 aliphatic carbocycles. The van der Waals surface area contributed by atoms with Gasteiger partial charge in [0.1, 0.15) is 0 Å². The number of aryl methyl sites for hydroxylation is 2. The van der Waals surface area contributed by atoms with E-state index < -0.39 is 5.60 Å². The van der Waals surface area contributed by atoms with Gasteiger partial charge in [-0.1, -0.05) is 18.2 Å². The highest BCUT2D eigenvalue weighted by atomic mass is 16.3. The highest BCUT2D eigenvalue weighted by molar-refractivity contribution is 5.36. The number of aliphatic hydroxyl groups is 1. The summed E-state index contributed by atoms with van der Waals surface area (Å²) >= 11 is 0. The first kappa shape index (κ1) is 12.2. The third kappa shape index (κ3) is 2.60. The lowest BCUT2D eigenvalue weighted by molar-refractivity contribution is 0.0565. The minimum atomic E-state index is -0.741. The van der Waals surface area contributed by atoms with E-state index in [1.54, 1.807) is 0 Å². The maximum atomic E-state index is 10.6. The van der Waals surface area contributed by atoms with Crippen LogP contribution in [0.25, 0.3) is 0 Å². The molecule has 1 unspecified atom stereocenters. The SMILES string of the molecule is CC(O)(CNC1CC1)c1ccc2c(c1)CCCC2. The van der Waals surface area contributed by atoms with Gasteiger partial charge in [0.15, 0.2) is 0 Å². The predicted molar refractivity (Wildman–Crippen MR) is 73.7 cm³/mol. The Morgan fingerprint density at radius 1 is 1.22 bits per heavy atom. The zero-order valence-corrected chi connectivity index (χ0v) is 11.2. The molecule has 0 saturated heterocycles. The first-order valence-corrected chi connectivity index (χ1v) is 7.23. The predicted octanol–water partition coefficient (Wildman–Crippen LogP) is 2.52. The maximum Gasteiger partial charge on any atom is 0.0992 e. The molecule has 2 heteroatoms. The summed E-state index contributed by atoms with van der Waals surface area (Å²) < 4.78 is 0. The minimum Gasteiger partial charge on any atom is -0.384 e. The van der Waals surface area contributed by atoms with Crippen molar-refractivity contribution in [3.63, 3.8) is 0 Å². The van der Waals surface area contributed by atoms with Gasteiger partial charge in [-0.05, 0) is 62.1 Å². The van der Waals surface area contributed by atoms with Crippen LogP contribution in [-0.2, 0) is 18.4 Å². The molecule has 2 nitrogen and oxygen atoms in total. The molecule has 1 aromatic carbocycles. The topological polar surface area (TPSA) is 32.3 Å². The molecule has 98 valence electrons. The molecule has 3 rings (SSSR count). The summed E-state index contributed by atoms with van der Waals surface area (Å²) in [7, 11) is 0. The molecular weight excluding hydrogens is 222 g/mol. The summed E-state index contributed by atoms with van der Waals surface area (Å²) in [5.74, 6) is 0. The Morgan fingerprint density at radius 3 is 2.67 bits per heavy atom. The molecule has 0 aromatic heterocycles. The lowest BCUT2D eigenvalue weighted by atomic mass is 9.86. The van der Waals surface area contributed by atoms with Crippen LogP contribution in [-0.4, -0.2) is 17.7 Å².